The molecule has 4 N–H and O–H groups in total. The minimum absolute atomic E-state index is 0.0472. The van der Waals surface area contributed by atoms with E-state index < -0.39 is 0 Å². The van der Waals surface area contributed by atoms with Crippen LogP contribution in [0, 0.1) is 5.92 Å². The molecule has 0 bridgehead atoms. The molecule has 0 atom stereocenters. The highest BCUT2D eigenvalue weighted by Crippen LogP contribution is 2.15. The quantitative estimate of drug-likeness (QED) is 0.604. The minimum Gasteiger partial charge on any atom is -0.376 e. The van der Waals surface area contributed by atoms with E-state index in [1.165, 1.54) is 0 Å². The van der Waals surface area contributed by atoms with E-state index in [2.05, 4.69) is 21.3 Å². The third-order valence-electron chi connectivity index (χ3n) is 3.77. The van der Waals surface area contributed by atoms with Gasteiger partial charge in [0.1, 0.15) is 0 Å². The predicted molar refractivity (Wildman–Crippen MR) is 107 cm³/mol. The predicted octanol–water partition coefficient (Wildman–Crippen LogP) is 2.69. The van der Waals surface area contributed by atoms with E-state index in [0.29, 0.717) is 16.9 Å². The van der Waals surface area contributed by atoms with Gasteiger partial charge in [-0.2, -0.15) is 0 Å². The van der Waals surface area contributed by atoms with E-state index in [-0.39, 0.29) is 30.2 Å². The average Bonchev–Trinajstić information content (AvgIpc) is 2.67. The van der Waals surface area contributed by atoms with Crippen LogP contribution in [0.5, 0.6) is 0 Å². The summed E-state index contributed by atoms with van der Waals surface area (Å²) in [6.45, 7) is 3.73. The van der Waals surface area contributed by atoms with Crippen molar-refractivity contribution < 1.29 is 14.4 Å². The Morgan fingerprint density at radius 3 is 2.19 bits per heavy atom. The molecule has 0 saturated heterocycles. The summed E-state index contributed by atoms with van der Waals surface area (Å²) in [6, 6.07) is 13.8. The lowest BCUT2D eigenvalue weighted by molar-refractivity contribution is -0.119. The molecule has 0 aliphatic carbocycles. The molecule has 0 aliphatic heterocycles. The molecule has 0 spiro atoms. The molecule has 0 heterocycles. The maximum Gasteiger partial charge on any atom is 0.251 e. The van der Waals surface area contributed by atoms with Crippen LogP contribution in [0.25, 0.3) is 0 Å². The third kappa shape index (κ3) is 6.14. The summed E-state index contributed by atoms with van der Waals surface area (Å²) in [5.41, 5.74) is 2.48. The maximum absolute atomic E-state index is 12.1. The van der Waals surface area contributed by atoms with Gasteiger partial charge in [-0.05, 0) is 42.5 Å². The van der Waals surface area contributed by atoms with Crippen molar-refractivity contribution in [1.29, 1.82) is 0 Å². The van der Waals surface area contributed by atoms with Crippen molar-refractivity contribution in [2.24, 2.45) is 5.92 Å². The highest BCUT2D eigenvalue weighted by atomic mass is 16.2. The lowest BCUT2D eigenvalue weighted by atomic mass is 10.2. The molecule has 0 aliphatic rings. The Balaban J connectivity index is 1.87. The van der Waals surface area contributed by atoms with E-state index >= 15 is 0 Å². The summed E-state index contributed by atoms with van der Waals surface area (Å²) in [5.74, 6) is -0.586. The van der Waals surface area contributed by atoms with Gasteiger partial charge in [-0.3, -0.25) is 14.4 Å². The standard InChI is InChI=1S/C20H24N4O3/c1-13(2)19(26)24-16-9-7-15(8-10-16)22-12-18(25)23-17-6-4-5-14(11-17)20(27)21-3/h4-11,13,22H,12H2,1-3H3,(H,21,27)(H,23,25)(H,24,26). The Kier molecular flexibility index (Phi) is 6.93. The highest BCUT2D eigenvalue weighted by molar-refractivity contribution is 5.98. The van der Waals surface area contributed by atoms with Crippen LogP contribution < -0.4 is 21.3 Å². The second-order valence-corrected chi connectivity index (χ2v) is 6.28. The van der Waals surface area contributed by atoms with E-state index in [4.69, 9.17) is 0 Å². The van der Waals surface area contributed by atoms with Gasteiger partial charge in [0.25, 0.3) is 5.91 Å². The first-order valence-electron chi connectivity index (χ1n) is 8.66. The molecule has 2 rings (SSSR count). The van der Waals surface area contributed by atoms with E-state index in [1.807, 2.05) is 13.8 Å². The zero-order valence-electron chi connectivity index (χ0n) is 15.6. The van der Waals surface area contributed by atoms with Gasteiger partial charge < -0.3 is 21.3 Å². The smallest absolute Gasteiger partial charge is 0.251 e. The van der Waals surface area contributed by atoms with Crippen molar-refractivity contribution in [1.82, 2.24) is 5.32 Å². The van der Waals surface area contributed by atoms with Crippen molar-refractivity contribution >= 4 is 34.8 Å². The number of anilines is 3. The second kappa shape index (κ2) is 9.38. The van der Waals surface area contributed by atoms with Crippen LogP contribution in [0.4, 0.5) is 17.1 Å². The SMILES string of the molecule is CNC(=O)c1cccc(NC(=O)CNc2ccc(NC(=O)C(C)C)cc2)c1. The molecule has 0 radical (unpaired) electrons. The van der Waals surface area contributed by atoms with E-state index in [0.717, 1.165) is 5.69 Å². The Morgan fingerprint density at radius 2 is 1.56 bits per heavy atom. The van der Waals surface area contributed by atoms with Crippen LogP contribution in [0.1, 0.15) is 24.2 Å². The number of carbonyl (C=O) groups excluding carboxylic acids is 3. The Labute approximate surface area is 158 Å². The van der Waals surface area contributed by atoms with Gasteiger partial charge in [-0.25, -0.2) is 0 Å². The minimum atomic E-state index is -0.235. The molecule has 2 aromatic rings. The van der Waals surface area contributed by atoms with Crippen LogP contribution >= 0.6 is 0 Å². The Bertz CT molecular complexity index is 816. The highest BCUT2D eigenvalue weighted by Gasteiger charge is 2.08. The van der Waals surface area contributed by atoms with Crippen molar-refractivity contribution in [3.8, 4) is 0 Å². The summed E-state index contributed by atoms with van der Waals surface area (Å²) >= 11 is 0. The lowest BCUT2D eigenvalue weighted by Gasteiger charge is -2.10. The number of hydrogen-bond donors (Lipinski definition) is 4. The first-order valence-corrected chi connectivity index (χ1v) is 8.66. The Morgan fingerprint density at radius 1 is 0.889 bits per heavy atom. The largest absolute Gasteiger partial charge is 0.376 e. The van der Waals surface area contributed by atoms with E-state index in [1.54, 1.807) is 55.6 Å². The average molecular weight is 368 g/mol. The third-order valence-corrected chi connectivity index (χ3v) is 3.77. The monoisotopic (exact) mass is 368 g/mol. The molecule has 0 saturated carbocycles. The van der Waals surface area contributed by atoms with Crippen molar-refractivity contribution in [2.75, 3.05) is 29.5 Å². The van der Waals surface area contributed by atoms with Gasteiger partial charge in [-0.1, -0.05) is 19.9 Å². The van der Waals surface area contributed by atoms with Crippen LogP contribution in [0.15, 0.2) is 48.5 Å². The fourth-order valence-electron chi connectivity index (χ4n) is 2.23. The number of hydrogen-bond acceptors (Lipinski definition) is 4. The fourth-order valence-corrected chi connectivity index (χ4v) is 2.23. The molecule has 0 fully saturated rings. The number of rotatable bonds is 7. The van der Waals surface area contributed by atoms with Crippen LogP contribution in [0.2, 0.25) is 0 Å². The molecule has 7 nitrogen and oxygen atoms in total. The van der Waals surface area contributed by atoms with Gasteiger partial charge in [0, 0.05) is 35.6 Å². The zero-order valence-corrected chi connectivity index (χ0v) is 15.6. The van der Waals surface area contributed by atoms with Gasteiger partial charge in [0.15, 0.2) is 0 Å². The summed E-state index contributed by atoms with van der Waals surface area (Å²) in [7, 11) is 1.55. The summed E-state index contributed by atoms with van der Waals surface area (Å²) in [5, 5.41) is 11.1. The molecule has 2 aromatic carbocycles. The van der Waals surface area contributed by atoms with Gasteiger partial charge in [0.05, 0.1) is 6.54 Å². The van der Waals surface area contributed by atoms with Crippen molar-refractivity contribution in [2.45, 2.75) is 13.8 Å². The number of amides is 3. The normalized spacial score (nSPS) is 10.2. The van der Waals surface area contributed by atoms with Crippen molar-refractivity contribution in [3.05, 3.63) is 54.1 Å². The number of benzene rings is 2. The maximum atomic E-state index is 12.1. The molecule has 142 valence electrons. The van der Waals surface area contributed by atoms with Gasteiger partial charge >= 0.3 is 0 Å². The molecule has 0 unspecified atom stereocenters. The molecular formula is C20H24N4O3. The second-order valence-electron chi connectivity index (χ2n) is 6.28. The molecule has 0 aromatic heterocycles. The molecule has 7 heteroatoms. The number of carbonyl (C=O) groups is 3. The molecule has 3 amide bonds. The zero-order chi connectivity index (χ0) is 19.8. The van der Waals surface area contributed by atoms with Crippen LogP contribution in [0.3, 0.4) is 0 Å². The summed E-state index contributed by atoms with van der Waals surface area (Å²) in [6.07, 6.45) is 0. The Hall–Kier alpha value is -3.35. The van der Waals surface area contributed by atoms with Gasteiger partial charge in [0.2, 0.25) is 11.8 Å². The first kappa shape index (κ1) is 20.0. The molecular weight excluding hydrogens is 344 g/mol. The summed E-state index contributed by atoms with van der Waals surface area (Å²) < 4.78 is 0. The first-order chi connectivity index (χ1) is 12.9. The van der Waals surface area contributed by atoms with Crippen LogP contribution in [-0.2, 0) is 9.59 Å². The topological polar surface area (TPSA) is 99.3 Å². The van der Waals surface area contributed by atoms with E-state index in [9.17, 15) is 14.4 Å². The summed E-state index contributed by atoms with van der Waals surface area (Å²) in [4.78, 5) is 35.4. The van der Waals surface area contributed by atoms with Crippen molar-refractivity contribution in [3.63, 3.8) is 0 Å². The fraction of sp³-hybridized carbons (Fsp3) is 0.250. The lowest BCUT2D eigenvalue weighted by Crippen LogP contribution is -2.22. The van der Waals surface area contributed by atoms with Gasteiger partial charge in [-0.15, -0.1) is 0 Å². The van der Waals surface area contributed by atoms with Crippen LogP contribution in [-0.4, -0.2) is 31.3 Å². The number of nitrogens with one attached hydrogen (secondary N) is 4. The molecule has 27 heavy (non-hydrogen) atoms.